The second-order valence-electron chi connectivity index (χ2n) is 9.74. The minimum absolute atomic E-state index is 0.00890. The fourth-order valence-electron chi connectivity index (χ4n) is 4.37. The van der Waals surface area contributed by atoms with E-state index >= 15 is 0 Å². The van der Waals surface area contributed by atoms with Crippen molar-refractivity contribution in [2.24, 2.45) is 0 Å². The van der Waals surface area contributed by atoms with E-state index in [0.29, 0.717) is 21.5 Å². The molecule has 0 amide bonds. The Hall–Kier alpha value is -3.37. The van der Waals surface area contributed by atoms with Crippen LogP contribution in [0.3, 0.4) is 0 Å². The average molecular weight is 493 g/mol. The Morgan fingerprint density at radius 2 is 1.74 bits per heavy atom. The van der Waals surface area contributed by atoms with Crippen molar-refractivity contribution in [3.8, 4) is 5.75 Å². The molecule has 1 aliphatic heterocycles. The maximum Gasteiger partial charge on any atom is 0.281 e. The predicted octanol–water partition coefficient (Wildman–Crippen LogP) is 5.00. The van der Waals surface area contributed by atoms with E-state index in [9.17, 15) is 19.0 Å². The summed E-state index contributed by atoms with van der Waals surface area (Å²) in [5.41, 5.74) is 2.55. The zero-order valence-corrected chi connectivity index (χ0v) is 20.6. The van der Waals surface area contributed by atoms with Crippen LogP contribution in [0.25, 0.3) is 11.0 Å². The van der Waals surface area contributed by atoms with Gasteiger partial charge in [0.25, 0.3) is 5.56 Å². The lowest BCUT2D eigenvalue weighted by Gasteiger charge is -2.44. The quantitative estimate of drug-likeness (QED) is 0.319. The second kappa shape index (κ2) is 8.39. The first kappa shape index (κ1) is 23.4. The molecule has 0 aliphatic carbocycles. The summed E-state index contributed by atoms with van der Waals surface area (Å²) in [6, 6.07) is 18.4. The molecule has 2 aromatic heterocycles. The van der Waals surface area contributed by atoms with Crippen molar-refractivity contribution in [3.63, 3.8) is 0 Å². The van der Waals surface area contributed by atoms with Gasteiger partial charge in [-0.25, -0.2) is 4.98 Å². The molecule has 3 heterocycles. The molecule has 0 radical (unpaired) electrons. The predicted molar refractivity (Wildman–Crippen MR) is 139 cm³/mol. The Morgan fingerprint density at radius 1 is 1.03 bits per heavy atom. The maximum absolute atomic E-state index is 13.8. The molecule has 9 heteroatoms. The third-order valence-corrected chi connectivity index (χ3v) is 7.73. The molecule has 4 aromatic rings. The lowest BCUT2D eigenvalue weighted by molar-refractivity contribution is 0.448. The first-order valence-electron chi connectivity index (χ1n) is 11.3. The van der Waals surface area contributed by atoms with E-state index in [1.54, 1.807) is 42.6 Å². The average Bonchev–Trinajstić information content (AvgIpc) is 2.81. The fraction of sp³-hybridized carbons (Fsp3) is 0.231. The number of aromatic hydroxyl groups is 1. The number of hydrazine groups is 1. The largest absolute Gasteiger partial charge is 0.505 e. The van der Waals surface area contributed by atoms with Crippen molar-refractivity contribution >= 4 is 27.5 Å². The monoisotopic (exact) mass is 492 g/mol. The molecule has 4 N–H and O–H groups in total. The molecule has 5 rings (SSSR count). The standard InChI is InChI=1S/C26H28N4O4S/c1-26(2,3)19-12-10-17(11-13-19)15-29-24-20(8-6-14-27-24)23(31)22(25(29)32)30-16-18-7-4-5-9-21(18)35(33,34)28-30/h4-14,28,31,33-34H,15-16H2,1-3H3. The van der Waals surface area contributed by atoms with Crippen molar-refractivity contribution in [3.05, 3.63) is 93.9 Å². The highest BCUT2D eigenvalue weighted by atomic mass is 32.3. The molecule has 1 aliphatic rings. The molecular formula is C26H28N4O4S. The van der Waals surface area contributed by atoms with Gasteiger partial charge in [-0.1, -0.05) is 74.0 Å². The normalized spacial score (nSPS) is 16.2. The molecule has 0 fully saturated rings. The molecule has 0 spiro atoms. The van der Waals surface area contributed by atoms with Crippen LogP contribution in [0, 0.1) is 0 Å². The number of nitrogens with one attached hydrogen (secondary N) is 1. The molecule has 0 saturated heterocycles. The van der Waals surface area contributed by atoms with E-state index in [4.69, 9.17) is 0 Å². The minimum Gasteiger partial charge on any atom is -0.505 e. The summed E-state index contributed by atoms with van der Waals surface area (Å²) < 4.78 is 23.0. The molecule has 2 aromatic carbocycles. The van der Waals surface area contributed by atoms with E-state index in [1.165, 1.54) is 15.1 Å². The van der Waals surface area contributed by atoms with Crippen LogP contribution < -0.4 is 15.4 Å². The molecule has 35 heavy (non-hydrogen) atoms. The van der Waals surface area contributed by atoms with Gasteiger partial charge < -0.3 is 5.11 Å². The van der Waals surface area contributed by atoms with Crippen molar-refractivity contribution in [1.29, 1.82) is 0 Å². The summed E-state index contributed by atoms with van der Waals surface area (Å²) >= 11 is 0. The summed E-state index contributed by atoms with van der Waals surface area (Å²) in [5.74, 6) is -0.264. The molecular weight excluding hydrogens is 464 g/mol. The Morgan fingerprint density at radius 3 is 2.46 bits per heavy atom. The van der Waals surface area contributed by atoms with Crippen LogP contribution in [-0.4, -0.2) is 23.8 Å². The van der Waals surface area contributed by atoms with Gasteiger partial charge in [-0.15, -0.1) is 4.83 Å². The van der Waals surface area contributed by atoms with Gasteiger partial charge >= 0.3 is 0 Å². The van der Waals surface area contributed by atoms with Crippen LogP contribution in [0.15, 0.2) is 76.6 Å². The number of aromatic nitrogens is 2. The van der Waals surface area contributed by atoms with Crippen LogP contribution in [0.5, 0.6) is 5.75 Å². The number of hydrogen-bond acceptors (Lipinski definition) is 7. The van der Waals surface area contributed by atoms with E-state index in [2.05, 4.69) is 42.7 Å². The third-order valence-electron chi connectivity index (χ3n) is 6.25. The van der Waals surface area contributed by atoms with E-state index in [1.807, 2.05) is 12.1 Å². The van der Waals surface area contributed by atoms with Gasteiger partial charge in [-0.05, 0) is 40.3 Å². The zero-order chi connectivity index (χ0) is 25.0. The van der Waals surface area contributed by atoms with Crippen LogP contribution in [0.2, 0.25) is 0 Å². The molecule has 0 unspecified atom stereocenters. The molecule has 8 nitrogen and oxygen atoms in total. The molecule has 0 bridgehead atoms. The van der Waals surface area contributed by atoms with E-state index < -0.39 is 16.3 Å². The minimum atomic E-state index is -3.42. The number of fused-ring (bicyclic) bond motifs is 2. The lowest BCUT2D eigenvalue weighted by Crippen LogP contribution is -2.46. The van der Waals surface area contributed by atoms with Gasteiger partial charge in [0, 0.05) is 6.20 Å². The van der Waals surface area contributed by atoms with Gasteiger partial charge in [-0.3, -0.25) is 23.5 Å². The molecule has 182 valence electrons. The topological polar surface area (TPSA) is 111 Å². The van der Waals surface area contributed by atoms with Gasteiger partial charge in [0.15, 0.2) is 11.4 Å². The molecule has 0 saturated carbocycles. The Balaban J connectivity index is 1.64. The number of pyridine rings is 2. The highest BCUT2D eigenvalue weighted by Crippen LogP contribution is 2.50. The zero-order valence-electron chi connectivity index (χ0n) is 19.8. The second-order valence-corrected chi connectivity index (χ2v) is 11.5. The number of hydrogen-bond donors (Lipinski definition) is 4. The first-order chi connectivity index (χ1) is 16.6. The van der Waals surface area contributed by atoms with Crippen LogP contribution in [0.4, 0.5) is 5.69 Å². The Labute approximate surface area is 204 Å². The maximum atomic E-state index is 13.8. The smallest absolute Gasteiger partial charge is 0.281 e. The third kappa shape index (κ3) is 4.17. The van der Waals surface area contributed by atoms with Gasteiger partial charge in [0.05, 0.1) is 23.4 Å². The van der Waals surface area contributed by atoms with E-state index in [0.717, 1.165) is 5.56 Å². The summed E-state index contributed by atoms with van der Waals surface area (Å²) in [6.07, 6.45) is 1.58. The van der Waals surface area contributed by atoms with Crippen molar-refractivity contribution in [2.75, 3.05) is 5.01 Å². The van der Waals surface area contributed by atoms with E-state index in [-0.39, 0.29) is 29.9 Å². The summed E-state index contributed by atoms with van der Waals surface area (Å²) in [6.45, 7) is 6.84. The number of rotatable bonds is 3. The molecule has 0 atom stereocenters. The lowest BCUT2D eigenvalue weighted by atomic mass is 9.87. The van der Waals surface area contributed by atoms with Gasteiger partial charge in [0.2, 0.25) is 0 Å². The van der Waals surface area contributed by atoms with Crippen LogP contribution >= 0.6 is 10.8 Å². The summed E-state index contributed by atoms with van der Waals surface area (Å²) in [5, 5.41) is 12.8. The van der Waals surface area contributed by atoms with Gasteiger partial charge in [0.1, 0.15) is 5.65 Å². The van der Waals surface area contributed by atoms with Crippen LogP contribution in [-0.2, 0) is 18.5 Å². The highest BCUT2D eigenvalue weighted by Gasteiger charge is 2.32. The first-order valence-corrected chi connectivity index (χ1v) is 12.8. The van der Waals surface area contributed by atoms with Crippen molar-refractivity contribution < 1.29 is 14.2 Å². The number of benzene rings is 2. The summed E-state index contributed by atoms with van der Waals surface area (Å²) in [7, 11) is -3.42. The Bertz CT molecular complexity index is 1480. The summed E-state index contributed by atoms with van der Waals surface area (Å²) in [4.78, 5) is 21.2. The van der Waals surface area contributed by atoms with Crippen molar-refractivity contribution in [2.45, 2.75) is 44.2 Å². The SMILES string of the molecule is CC(C)(C)c1ccc(Cn2c(=O)c(N3Cc4ccccc4S(O)(O)N3)c(O)c3cccnc32)cc1. The Kier molecular flexibility index (Phi) is 5.60. The van der Waals surface area contributed by atoms with Gasteiger partial charge in [-0.2, -0.15) is 0 Å². The fourth-order valence-corrected chi connectivity index (χ4v) is 5.70. The number of nitrogens with zero attached hydrogens (tertiary/aromatic N) is 3. The number of anilines is 1. The van der Waals surface area contributed by atoms with Crippen molar-refractivity contribution in [1.82, 2.24) is 14.4 Å². The highest BCUT2D eigenvalue weighted by molar-refractivity contribution is 8.22. The van der Waals surface area contributed by atoms with Crippen LogP contribution in [0.1, 0.15) is 37.5 Å².